The van der Waals surface area contributed by atoms with Crippen molar-refractivity contribution in [2.45, 2.75) is 63.5 Å². The number of carbonyl (C=O) groups excluding carboxylic acids is 2. The molecule has 1 fully saturated rings. The van der Waals surface area contributed by atoms with E-state index in [1.165, 1.54) is 31.2 Å². The number of nitrogens with one attached hydrogen (secondary N) is 3. The van der Waals surface area contributed by atoms with Crippen LogP contribution in [0.1, 0.15) is 60.1 Å². The highest BCUT2D eigenvalue weighted by Crippen LogP contribution is 2.29. The number of nitrogens with zero attached hydrogens (tertiary/aromatic N) is 3. The number of methoxy groups -OCH3 is 1. The maximum absolute atomic E-state index is 12.5. The van der Waals surface area contributed by atoms with E-state index in [-0.39, 0.29) is 18.1 Å². The molecule has 0 unspecified atom stereocenters. The smallest absolute Gasteiger partial charge is 0.337 e. The van der Waals surface area contributed by atoms with Crippen molar-refractivity contribution in [3.05, 3.63) is 41.1 Å². The van der Waals surface area contributed by atoms with E-state index >= 15 is 0 Å². The minimum absolute atomic E-state index is 0.101. The highest BCUT2D eigenvalue weighted by atomic mass is 16.5. The fourth-order valence-corrected chi connectivity index (χ4v) is 4.77. The second-order valence-corrected chi connectivity index (χ2v) is 9.26. The summed E-state index contributed by atoms with van der Waals surface area (Å²) in [6, 6.07) is 6.82. The highest BCUT2D eigenvalue weighted by Gasteiger charge is 2.25. The molecule has 0 radical (unpaired) electrons. The zero-order valence-electron chi connectivity index (χ0n) is 20.2. The molecule has 3 N–H and O–H groups in total. The van der Waals surface area contributed by atoms with E-state index in [9.17, 15) is 9.59 Å². The first-order chi connectivity index (χ1) is 16.4. The Hall–Kier alpha value is -3.36. The highest BCUT2D eigenvalue weighted by molar-refractivity contribution is 5.93. The number of urea groups is 1. The number of rotatable bonds is 6. The number of anilines is 3. The van der Waals surface area contributed by atoms with Crippen LogP contribution in [0.4, 0.5) is 22.2 Å². The fraction of sp³-hybridized carbons (Fsp3) is 0.520. The van der Waals surface area contributed by atoms with Gasteiger partial charge in [-0.05, 0) is 69.6 Å². The molecule has 0 spiro atoms. The molecule has 34 heavy (non-hydrogen) atoms. The molecule has 0 bridgehead atoms. The number of ether oxygens (including phenoxy) is 1. The summed E-state index contributed by atoms with van der Waals surface area (Å²) in [5.74, 6) is 1.30. The third-order valence-corrected chi connectivity index (χ3v) is 6.52. The molecule has 182 valence electrons. The van der Waals surface area contributed by atoms with Crippen molar-refractivity contribution in [3.8, 4) is 0 Å². The van der Waals surface area contributed by atoms with Crippen LogP contribution in [0, 0.1) is 0 Å². The number of hydrogen-bond donors (Lipinski definition) is 3. The third kappa shape index (κ3) is 5.76. The van der Waals surface area contributed by atoms with Crippen LogP contribution in [0.2, 0.25) is 0 Å². The molecule has 2 amide bonds. The lowest BCUT2D eigenvalue weighted by Crippen LogP contribution is -2.42. The van der Waals surface area contributed by atoms with Crippen LogP contribution in [0.25, 0.3) is 0 Å². The normalized spacial score (nSPS) is 19.5. The van der Waals surface area contributed by atoms with Crippen molar-refractivity contribution in [1.29, 1.82) is 0 Å². The monoisotopic (exact) mass is 466 g/mol. The number of carbonyl (C=O) groups is 2. The Morgan fingerprint density at radius 3 is 2.50 bits per heavy atom. The maximum atomic E-state index is 12.5. The lowest BCUT2D eigenvalue weighted by Gasteiger charge is -2.30. The summed E-state index contributed by atoms with van der Waals surface area (Å²) in [5, 5.41) is 9.40. The quantitative estimate of drug-likeness (QED) is 0.556. The van der Waals surface area contributed by atoms with Crippen LogP contribution >= 0.6 is 0 Å². The molecule has 2 aromatic rings. The Morgan fingerprint density at radius 2 is 1.76 bits per heavy atom. The fourth-order valence-electron chi connectivity index (χ4n) is 4.77. The first-order valence-corrected chi connectivity index (χ1v) is 12.0. The van der Waals surface area contributed by atoms with Crippen molar-refractivity contribution in [1.82, 2.24) is 15.3 Å². The molecule has 1 heterocycles. The zero-order chi connectivity index (χ0) is 24.1. The molecule has 2 aliphatic rings. The molecule has 0 atom stereocenters. The number of esters is 1. The van der Waals surface area contributed by atoms with Gasteiger partial charge >= 0.3 is 12.0 Å². The number of hydrogen-bond acceptors (Lipinski definition) is 7. The first-order valence-electron chi connectivity index (χ1n) is 12.0. The molecule has 9 heteroatoms. The predicted molar refractivity (Wildman–Crippen MR) is 133 cm³/mol. The Bertz CT molecular complexity index is 1030. The summed E-state index contributed by atoms with van der Waals surface area (Å²) in [5.41, 5.74) is 3.42. The second-order valence-electron chi connectivity index (χ2n) is 9.26. The Balaban J connectivity index is 1.29. The first kappa shape index (κ1) is 23.8. The predicted octanol–water partition coefficient (Wildman–Crippen LogP) is 3.75. The third-order valence-electron chi connectivity index (χ3n) is 6.52. The van der Waals surface area contributed by atoms with Crippen molar-refractivity contribution in [2.75, 3.05) is 36.7 Å². The molecule has 0 aliphatic heterocycles. The van der Waals surface area contributed by atoms with Crippen LogP contribution in [0.3, 0.4) is 0 Å². The summed E-state index contributed by atoms with van der Waals surface area (Å²) in [6.45, 7) is 0. The molecule has 1 aromatic carbocycles. The summed E-state index contributed by atoms with van der Waals surface area (Å²) < 4.78 is 4.73. The van der Waals surface area contributed by atoms with Gasteiger partial charge in [-0.25, -0.2) is 14.6 Å². The summed E-state index contributed by atoms with van der Waals surface area (Å²) in [6.07, 6.45) is 8.06. The van der Waals surface area contributed by atoms with Gasteiger partial charge in [0.1, 0.15) is 5.82 Å². The van der Waals surface area contributed by atoms with Crippen LogP contribution in [0.15, 0.2) is 24.3 Å². The van der Waals surface area contributed by atoms with Gasteiger partial charge in [0, 0.05) is 37.4 Å². The van der Waals surface area contributed by atoms with E-state index in [1.807, 2.05) is 14.1 Å². The van der Waals surface area contributed by atoms with Crippen LogP contribution < -0.4 is 20.9 Å². The van der Waals surface area contributed by atoms with Crippen molar-refractivity contribution < 1.29 is 14.3 Å². The van der Waals surface area contributed by atoms with Gasteiger partial charge in [-0.3, -0.25) is 0 Å². The molecule has 1 aromatic heterocycles. The van der Waals surface area contributed by atoms with Gasteiger partial charge in [0.2, 0.25) is 5.95 Å². The van der Waals surface area contributed by atoms with Gasteiger partial charge in [0.25, 0.3) is 0 Å². The van der Waals surface area contributed by atoms with Crippen LogP contribution in [0.5, 0.6) is 0 Å². The SMILES string of the molecule is COC(=O)c1cccc(NC(=O)N[C@H]2CC[C@@H](Nc3nc4c(c(N(C)C)n3)CCCC4)CC2)c1. The number of fused-ring (bicyclic) bond motifs is 1. The standard InChI is InChI=1S/C25H34N6O3/c1-31(2)22-20-9-4-5-10-21(20)29-24(30-22)26-17-11-13-18(14-12-17)27-25(33)28-19-8-6-7-16(15-19)23(32)34-3/h6-8,15,17-18H,4-5,9-14H2,1-3H3,(H,26,29,30)(H2,27,28,33)/t17-,18+. The average molecular weight is 467 g/mol. The lowest BCUT2D eigenvalue weighted by molar-refractivity contribution is 0.0600. The van der Waals surface area contributed by atoms with Gasteiger partial charge in [0.05, 0.1) is 18.4 Å². The van der Waals surface area contributed by atoms with Crippen molar-refractivity contribution in [2.24, 2.45) is 0 Å². The summed E-state index contributed by atoms with van der Waals surface area (Å²) >= 11 is 0. The Morgan fingerprint density at radius 1 is 1.03 bits per heavy atom. The van der Waals surface area contributed by atoms with Crippen molar-refractivity contribution >= 4 is 29.5 Å². The average Bonchev–Trinajstić information content (AvgIpc) is 2.84. The Kier molecular flexibility index (Phi) is 7.49. The minimum Gasteiger partial charge on any atom is -0.465 e. The molecule has 9 nitrogen and oxygen atoms in total. The van der Waals surface area contributed by atoms with Crippen LogP contribution in [-0.4, -0.2) is 55.3 Å². The second kappa shape index (κ2) is 10.7. The largest absolute Gasteiger partial charge is 0.465 e. The molecule has 1 saturated carbocycles. The maximum Gasteiger partial charge on any atom is 0.337 e. The van der Waals surface area contributed by atoms with Gasteiger partial charge in [-0.1, -0.05) is 6.07 Å². The molecule has 4 rings (SSSR count). The topological polar surface area (TPSA) is 108 Å². The van der Waals surface area contributed by atoms with Gasteiger partial charge in [0.15, 0.2) is 0 Å². The molecular weight excluding hydrogens is 432 g/mol. The van der Waals surface area contributed by atoms with Crippen molar-refractivity contribution in [3.63, 3.8) is 0 Å². The molecule has 0 saturated heterocycles. The summed E-state index contributed by atoms with van der Waals surface area (Å²) in [7, 11) is 5.41. The van der Waals surface area contributed by atoms with E-state index in [1.54, 1.807) is 24.3 Å². The number of aromatic nitrogens is 2. The number of benzene rings is 1. The van der Waals surface area contributed by atoms with E-state index < -0.39 is 5.97 Å². The van der Waals surface area contributed by atoms with E-state index in [4.69, 9.17) is 14.7 Å². The van der Waals surface area contributed by atoms with Gasteiger partial charge in [-0.15, -0.1) is 0 Å². The van der Waals surface area contributed by atoms with E-state index in [0.717, 1.165) is 44.3 Å². The number of aryl methyl sites for hydroxylation is 1. The zero-order valence-corrected chi connectivity index (χ0v) is 20.2. The Labute approximate surface area is 200 Å². The van der Waals surface area contributed by atoms with Gasteiger partial charge in [-0.2, -0.15) is 4.98 Å². The van der Waals surface area contributed by atoms with Gasteiger partial charge < -0.3 is 25.6 Å². The molecule has 2 aliphatic carbocycles. The number of amides is 2. The summed E-state index contributed by atoms with van der Waals surface area (Å²) in [4.78, 5) is 35.9. The van der Waals surface area contributed by atoms with E-state index in [2.05, 4.69) is 20.9 Å². The lowest BCUT2D eigenvalue weighted by atomic mass is 9.91. The minimum atomic E-state index is -0.435. The van der Waals surface area contributed by atoms with Crippen LogP contribution in [-0.2, 0) is 17.6 Å². The van der Waals surface area contributed by atoms with E-state index in [0.29, 0.717) is 17.2 Å². The molecular formula is C25H34N6O3.